The van der Waals surface area contributed by atoms with E-state index in [-0.39, 0.29) is 15.9 Å². The van der Waals surface area contributed by atoms with Gasteiger partial charge in [0, 0.05) is 22.3 Å². The largest absolute Gasteiger partial charge is 0.478 e. The number of hydrogen-bond donors (Lipinski definition) is 3. The van der Waals surface area contributed by atoms with Crippen LogP contribution < -0.4 is 4.72 Å². The van der Waals surface area contributed by atoms with E-state index in [2.05, 4.69) is 30.5 Å². The molecule has 0 saturated carbocycles. The highest BCUT2D eigenvalue weighted by atomic mass is 32.2. The number of sulfonamides is 1. The highest BCUT2D eigenvalue weighted by Gasteiger charge is 2.31. The van der Waals surface area contributed by atoms with Gasteiger partial charge < -0.3 is 10.1 Å². The Bertz CT molecular complexity index is 1220. The number of nitrogens with one attached hydrogen (secondary N) is 2. The third kappa shape index (κ3) is 3.81. The lowest BCUT2D eigenvalue weighted by molar-refractivity contribution is 0.0697. The molecule has 1 heterocycles. The van der Waals surface area contributed by atoms with E-state index >= 15 is 0 Å². The lowest BCUT2D eigenvalue weighted by Crippen LogP contribution is -2.26. The summed E-state index contributed by atoms with van der Waals surface area (Å²) in [5.41, 5.74) is 4.01. The Kier molecular flexibility index (Phi) is 4.89. The van der Waals surface area contributed by atoms with Crippen molar-refractivity contribution in [1.82, 2.24) is 4.98 Å². The molecule has 1 aliphatic rings. The van der Waals surface area contributed by atoms with Gasteiger partial charge in [-0.25, -0.2) is 13.2 Å². The van der Waals surface area contributed by atoms with Crippen molar-refractivity contribution in [2.75, 3.05) is 4.72 Å². The van der Waals surface area contributed by atoms with Crippen molar-refractivity contribution >= 4 is 32.6 Å². The molecule has 3 N–H and O–H groups in total. The molecule has 158 valence electrons. The minimum atomic E-state index is -3.80. The summed E-state index contributed by atoms with van der Waals surface area (Å²) >= 11 is 0. The Morgan fingerprint density at radius 3 is 2.47 bits per heavy atom. The monoisotopic (exact) mass is 426 g/mol. The molecule has 6 nitrogen and oxygen atoms in total. The molecule has 0 bridgehead atoms. The van der Waals surface area contributed by atoms with Crippen molar-refractivity contribution in [3.8, 4) is 0 Å². The predicted octanol–water partition coefficient (Wildman–Crippen LogP) is 4.82. The second-order valence-electron chi connectivity index (χ2n) is 9.08. The number of carboxylic acid groups (broad SMARTS) is 1. The number of anilines is 1. The van der Waals surface area contributed by atoms with Crippen LogP contribution in [0, 0.1) is 11.3 Å². The maximum absolute atomic E-state index is 12.9. The van der Waals surface area contributed by atoms with Crippen LogP contribution in [0.4, 0.5) is 5.69 Å². The maximum Gasteiger partial charge on any atom is 0.335 e. The second-order valence-corrected chi connectivity index (χ2v) is 10.8. The Hall–Kier alpha value is -2.80. The van der Waals surface area contributed by atoms with E-state index in [0.29, 0.717) is 11.6 Å². The van der Waals surface area contributed by atoms with Gasteiger partial charge in [-0.3, -0.25) is 4.72 Å². The summed E-state index contributed by atoms with van der Waals surface area (Å²) in [4.78, 5) is 14.6. The summed E-state index contributed by atoms with van der Waals surface area (Å²) in [5, 5.41) is 9.95. The van der Waals surface area contributed by atoms with E-state index < -0.39 is 16.0 Å². The van der Waals surface area contributed by atoms with E-state index in [1.807, 2.05) is 6.07 Å². The Morgan fingerprint density at radius 1 is 1.13 bits per heavy atom. The first-order valence-electron chi connectivity index (χ1n) is 10.0. The average molecular weight is 427 g/mol. The number of aromatic carboxylic acids is 1. The van der Waals surface area contributed by atoms with Gasteiger partial charge in [-0.1, -0.05) is 20.8 Å². The van der Waals surface area contributed by atoms with Crippen molar-refractivity contribution < 1.29 is 18.3 Å². The Balaban J connectivity index is 1.67. The second kappa shape index (κ2) is 7.16. The molecular formula is C23H26N2O4S. The summed E-state index contributed by atoms with van der Waals surface area (Å²) in [7, 11) is -3.80. The minimum Gasteiger partial charge on any atom is -0.478 e. The first kappa shape index (κ1) is 20.5. The summed E-state index contributed by atoms with van der Waals surface area (Å²) in [5.74, 6) is -0.504. The number of aromatic amines is 1. The van der Waals surface area contributed by atoms with Crippen molar-refractivity contribution in [2.24, 2.45) is 11.3 Å². The van der Waals surface area contributed by atoms with Crippen molar-refractivity contribution in [1.29, 1.82) is 0 Å². The number of hydrogen-bond acceptors (Lipinski definition) is 3. The molecule has 0 aliphatic heterocycles. The number of carboxylic acids is 1. The van der Waals surface area contributed by atoms with Crippen LogP contribution >= 0.6 is 0 Å². The van der Waals surface area contributed by atoms with E-state index in [1.54, 1.807) is 12.1 Å². The van der Waals surface area contributed by atoms with Gasteiger partial charge in [0.25, 0.3) is 10.0 Å². The van der Waals surface area contributed by atoms with E-state index in [4.69, 9.17) is 5.11 Å². The molecular weight excluding hydrogens is 400 g/mol. The lowest BCUT2D eigenvalue weighted by atomic mass is 9.71. The molecule has 0 spiro atoms. The Morgan fingerprint density at radius 2 is 1.83 bits per heavy atom. The zero-order chi connectivity index (χ0) is 21.7. The van der Waals surface area contributed by atoms with Gasteiger partial charge in [-0.2, -0.15) is 0 Å². The van der Waals surface area contributed by atoms with Gasteiger partial charge in [0.2, 0.25) is 0 Å². The third-order valence-electron chi connectivity index (χ3n) is 6.08. The molecule has 0 radical (unpaired) electrons. The van der Waals surface area contributed by atoms with Gasteiger partial charge in [0.05, 0.1) is 10.5 Å². The van der Waals surface area contributed by atoms with Crippen LogP contribution in [0.5, 0.6) is 0 Å². The summed E-state index contributed by atoms with van der Waals surface area (Å²) < 4.78 is 28.4. The van der Waals surface area contributed by atoms with Gasteiger partial charge >= 0.3 is 5.97 Å². The summed E-state index contributed by atoms with van der Waals surface area (Å²) in [6, 6.07) is 10.8. The molecule has 0 amide bonds. The number of aryl methyl sites for hydroxylation is 1. The van der Waals surface area contributed by atoms with Crippen LogP contribution in [0.1, 0.15) is 48.8 Å². The van der Waals surface area contributed by atoms with Gasteiger partial charge in [-0.15, -0.1) is 0 Å². The number of benzene rings is 2. The van der Waals surface area contributed by atoms with Crippen LogP contribution in [0.2, 0.25) is 0 Å². The van der Waals surface area contributed by atoms with Gasteiger partial charge in [0.15, 0.2) is 0 Å². The van der Waals surface area contributed by atoms with Gasteiger partial charge in [0.1, 0.15) is 0 Å². The molecule has 4 rings (SSSR count). The number of rotatable bonds is 4. The quantitative estimate of drug-likeness (QED) is 0.557. The normalized spacial score (nSPS) is 17.0. The topological polar surface area (TPSA) is 99.3 Å². The first-order chi connectivity index (χ1) is 14.0. The van der Waals surface area contributed by atoms with Crippen molar-refractivity contribution in [3.05, 3.63) is 59.3 Å². The SMILES string of the molecule is CC(C)(C)C1CCc2[nH]c3ccc(S(=O)(=O)Nc4ccc(C(=O)O)cc4)cc3c2C1. The summed E-state index contributed by atoms with van der Waals surface area (Å²) in [6.45, 7) is 6.77. The average Bonchev–Trinajstić information content (AvgIpc) is 3.04. The highest BCUT2D eigenvalue weighted by Crippen LogP contribution is 2.40. The van der Waals surface area contributed by atoms with Crippen LogP contribution in [0.15, 0.2) is 47.4 Å². The predicted molar refractivity (Wildman–Crippen MR) is 117 cm³/mol. The zero-order valence-corrected chi connectivity index (χ0v) is 18.1. The fourth-order valence-electron chi connectivity index (χ4n) is 4.20. The zero-order valence-electron chi connectivity index (χ0n) is 17.3. The number of fused-ring (bicyclic) bond motifs is 3. The fraction of sp³-hybridized carbons (Fsp3) is 0.348. The van der Waals surface area contributed by atoms with Crippen LogP contribution in [0.3, 0.4) is 0 Å². The van der Waals surface area contributed by atoms with Crippen LogP contribution in [-0.4, -0.2) is 24.5 Å². The lowest BCUT2D eigenvalue weighted by Gasteiger charge is -2.34. The smallest absolute Gasteiger partial charge is 0.335 e. The van der Waals surface area contributed by atoms with Crippen LogP contribution in [-0.2, 0) is 22.9 Å². The van der Waals surface area contributed by atoms with E-state index in [0.717, 1.165) is 30.2 Å². The fourth-order valence-corrected chi connectivity index (χ4v) is 5.28. The minimum absolute atomic E-state index is 0.103. The maximum atomic E-state index is 12.9. The molecule has 30 heavy (non-hydrogen) atoms. The number of carbonyl (C=O) groups is 1. The molecule has 1 aromatic heterocycles. The molecule has 1 unspecified atom stereocenters. The molecule has 0 fully saturated rings. The molecule has 7 heteroatoms. The summed E-state index contributed by atoms with van der Waals surface area (Å²) in [6.07, 6.45) is 3.04. The van der Waals surface area contributed by atoms with Gasteiger partial charge in [-0.05, 0) is 78.6 Å². The standard InChI is InChI=1S/C23H26N2O4S/c1-23(2,3)15-6-10-20-18(12-15)19-13-17(9-11-21(19)24-20)30(28,29)25-16-7-4-14(5-8-16)22(26)27/h4-5,7-9,11,13,15,24-25H,6,10,12H2,1-3H3,(H,26,27). The van der Waals surface area contributed by atoms with Crippen molar-refractivity contribution in [3.63, 3.8) is 0 Å². The Labute approximate surface area is 176 Å². The van der Waals surface area contributed by atoms with E-state index in [1.165, 1.54) is 35.5 Å². The number of H-pyrrole nitrogens is 1. The highest BCUT2D eigenvalue weighted by molar-refractivity contribution is 7.92. The molecule has 0 saturated heterocycles. The van der Waals surface area contributed by atoms with Crippen LogP contribution in [0.25, 0.3) is 10.9 Å². The van der Waals surface area contributed by atoms with Crippen molar-refractivity contribution in [2.45, 2.75) is 44.9 Å². The molecule has 1 aliphatic carbocycles. The number of aromatic nitrogens is 1. The molecule has 1 atom stereocenters. The molecule has 2 aromatic carbocycles. The molecule has 3 aromatic rings. The van der Waals surface area contributed by atoms with E-state index in [9.17, 15) is 13.2 Å². The third-order valence-corrected chi connectivity index (χ3v) is 7.46. The first-order valence-corrected chi connectivity index (χ1v) is 11.5.